The molecule has 0 spiro atoms. The van der Waals surface area contributed by atoms with Gasteiger partial charge in [0.05, 0.1) is 18.8 Å². The maximum atomic E-state index is 9.19. The van der Waals surface area contributed by atoms with Crippen LogP contribution in [0.4, 0.5) is 0 Å². The minimum absolute atomic E-state index is 0.0750. The van der Waals surface area contributed by atoms with Crippen LogP contribution in [0.5, 0.6) is 0 Å². The molecule has 0 radical (unpaired) electrons. The molecule has 0 bridgehead atoms. The van der Waals surface area contributed by atoms with Crippen LogP contribution in [0.15, 0.2) is 0 Å². The molecule has 0 aliphatic carbocycles. The van der Waals surface area contributed by atoms with Gasteiger partial charge in [0, 0.05) is 0 Å². The molecule has 1 heterocycles. The number of aliphatic hydroxyl groups excluding tert-OH is 4. The zero-order chi connectivity index (χ0) is 12.3. The van der Waals surface area contributed by atoms with E-state index in [0.717, 1.165) is 0 Å². The van der Waals surface area contributed by atoms with Crippen LogP contribution in [0, 0.1) is 0 Å². The molecule has 1 aliphatic rings. The number of rotatable bonds is 4. The van der Waals surface area contributed by atoms with E-state index in [1.54, 1.807) is 13.8 Å². The van der Waals surface area contributed by atoms with Gasteiger partial charge in [-0.2, -0.15) is 0 Å². The van der Waals surface area contributed by atoms with Crippen LogP contribution in [-0.2, 0) is 14.2 Å². The van der Waals surface area contributed by atoms with Gasteiger partial charge in [0.2, 0.25) is 0 Å². The molecule has 1 saturated heterocycles. The average Bonchev–Trinajstić information content (AvgIpc) is 2.23. The van der Waals surface area contributed by atoms with Gasteiger partial charge in [0.25, 0.3) is 0 Å². The molecule has 1 fully saturated rings. The zero-order valence-corrected chi connectivity index (χ0v) is 9.24. The zero-order valence-electron chi connectivity index (χ0n) is 9.24. The summed E-state index contributed by atoms with van der Waals surface area (Å²) in [7, 11) is 0. The smallest absolute Gasteiger partial charge is 0.189 e. The maximum Gasteiger partial charge on any atom is 0.189 e. The molecule has 96 valence electrons. The van der Waals surface area contributed by atoms with Crippen molar-refractivity contribution in [2.24, 2.45) is 0 Å². The Hall–Kier alpha value is -0.280. The minimum Gasteiger partial charge on any atom is -0.393 e. The van der Waals surface area contributed by atoms with Crippen LogP contribution in [0.2, 0.25) is 0 Å². The summed E-state index contributed by atoms with van der Waals surface area (Å²) in [6.45, 7) is 3.07. The summed E-state index contributed by atoms with van der Waals surface area (Å²) in [5.41, 5.74) is -0.765. The molecule has 0 amide bonds. The monoisotopic (exact) mass is 238 g/mol. The first-order chi connectivity index (χ1) is 7.35. The molecule has 16 heavy (non-hydrogen) atoms. The Bertz CT molecular complexity index is 208. The molecule has 1 aliphatic heterocycles. The molecule has 1 rings (SSSR count). The van der Waals surface area contributed by atoms with Crippen molar-refractivity contribution in [2.75, 3.05) is 13.2 Å². The fourth-order valence-electron chi connectivity index (χ4n) is 1.06. The average molecular weight is 238 g/mol. The summed E-state index contributed by atoms with van der Waals surface area (Å²) in [6.07, 6.45) is -5.52. The van der Waals surface area contributed by atoms with Gasteiger partial charge in [-0.25, -0.2) is 0 Å². The second-order valence-electron chi connectivity index (χ2n) is 4.20. The summed E-state index contributed by atoms with van der Waals surface area (Å²) in [5.74, 6) is 0. The first-order valence-corrected chi connectivity index (χ1v) is 4.95. The Morgan fingerprint density at radius 3 is 2.06 bits per heavy atom. The van der Waals surface area contributed by atoms with Crippen LogP contribution < -0.4 is 0 Å². The third-order valence-electron chi connectivity index (χ3n) is 2.16. The van der Waals surface area contributed by atoms with Crippen LogP contribution in [0.3, 0.4) is 0 Å². The largest absolute Gasteiger partial charge is 0.393 e. The fourth-order valence-corrected chi connectivity index (χ4v) is 1.06. The Balaban J connectivity index is 2.39. The SMILES string of the molecule is CC(C)(CO)OCC1O[C@@H](O)[C@H](O)[C@@H](O)O1. The summed E-state index contributed by atoms with van der Waals surface area (Å²) >= 11 is 0. The molecular weight excluding hydrogens is 220 g/mol. The van der Waals surface area contributed by atoms with Gasteiger partial charge in [-0.15, -0.1) is 0 Å². The van der Waals surface area contributed by atoms with Crippen LogP contribution in [-0.4, -0.2) is 64.2 Å². The molecule has 4 atom stereocenters. The summed E-state index contributed by atoms with van der Waals surface area (Å²) < 4.78 is 14.9. The summed E-state index contributed by atoms with van der Waals surface area (Å²) in [6, 6.07) is 0. The first kappa shape index (κ1) is 13.8. The molecule has 0 saturated carbocycles. The van der Waals surface area contributed by atoms with E-state index in [2.05, 4.69) is 0 Å². The van der Waals surface area contributed by atoms with E-state index < -0.39 is 30.6 Å². The summed E-state index contributed by atoms with van der Waals surface area (Å²) in [5, 5.41) is 36.4. The second-order valence-corrected chi connectivity index (χ2v) is 4.20. The molecule has 0 aromatic rings. The first-order valence-electron chi connectivity index (χ1n) is 4.95. The second kappa shape index (κ2) is 5.37. The minimum atomic E-state index is -1.52. The van der Waals surface area contributed by atoms with E-state index in [1.165, 1.54) is 0 Å². The van der Waals surface area contributed by atoms with E-state index in [1.807, 2.05) is 0 Å². The molecular formula is C9H18O7. The van der Waals surface area contributed by atoms with Gasteiger partial charge in [-0.3, -0.25) is 0 Å². The third kappa shape index (κ3) is 3.63. The molecule has 0 aromatic heterocycles. The van der Waals surface area contributed by atoms with Crippen molar-refractivity contribution in [2.45, 2.75) is 44.4 Å². The van der Waals surface area contributed by atoms with E-state index >= 15 is 0 Å². The topological polar surface area (TPSA) is 109 Å². The normalized spacial score (nSPS) is 36.4. The molecule has 4 N–H and O–H groups in total. The lowest BCUT2D eigenvalue weighted by molar-refractivity contribution is -0.381. The van der Waals surface area contributed by atoms with Gasteiger partial charge < -0.3 is 34.6 Å². The standard InChI is InChI=1S/C9H18O7/c1-9(2,4-10)14-3-5-15-7(12)6(11)8(13)16-5/h5-8,10-13H,3-4H2,1-2H3/t5?,6-,7+,8-. The van der Waals surface area contributed by atoms with E-state index in [-0.39, 0.29) is 13.2 Å². The van der Waals surface area contributed by atoms with Gasteiger partial charge in [-0.05, 0) is 13.8 Å². The quantitative estimate of drug-likeness (QED) is 0.455. The van der Waals surface area contributed by atoms with E-state index in [9.17, 15) is 10.2 Å². The van der Waals surface area contributed by atoms with Crippen LogP contribution in [0.1, 0.15) is 13.8 Å². The van der Waals surface area contributed by atoms with Crippen molar-refractivity contribution in [3.63, 3.8) is 0 Å². The van der Waals surface area contributed by atoms with Crippen molar-refractivity contribution in [1.29, 1.82) is 0 Å². The predicted octanol–water partition coefficient (Wildman–Crippen LogP) is -1.86. The van der Waals surface area contributed by atoms with Gasteiger partial charge in [0.1, 0.15) is 0 Å². The van der Waals surface area contributed by atoms with E-state index in [0.29, 0.717) is 0 Å². The van der Waals surface area contributed by atoms with Crippen molar-refractivity contribution in [3.05, 3.63) is 0 Å². The molecule has 7 nitrogen and oxygen atoms in total. The highest BCUT2D eigenvalue weighted by molar-refractivity contribution is 4.70. The fraction of sp³-hybridized carbons (Fsp3) is 1.00. The van der Waals surface area contributed by atoms with Gasteiger partial charge >= 0.3 is 0 Å². The Kier molecular flexibility index (Phi) is 4.62. The third-order valence-corrected chi connectivity index (χ3v) is 2.16. The van der Waals surface area contributed by atoms with Crippen molar-refractivity contribution >= 4 is 0 Å². The number of aliphatic hydroxyl groups is 4. The van der Waals surface area contributed by atoms with E-state index in [4.69, 9.17) is 24.4 Å². The lowest BCUT2D eigenvalue weighted by Gasteiger charge is -2.35. The highest BCUT2D eigenvalue weighted by Crippen LogP contribution is 2.18. The lowest BCUT2D eigenvalue weighted by atomic mass is 10.1. The number of ether oxygens (including phenoxy) is 3. The number of hydrogen-bond donors (Lipinski definition) is 4. The van der Waals surface area contributed by atoms with Gasteiger partial charge in [0.15, 0.2) is 25.0 Å². The lowest BCUT2D eigenvalue weighted by Crippen LogP contribution is -2.51. The molecule has 7 heteroatoms. The molecule has 0 aromatic carbocycles. The van der Waals surface area contributed by atoms with Crippen LogP contribution >= 0.6 is 0 Å². The number of hydrogen-bond acceptors (Lipinski definition) is 7. The van der Waals surface area contributed by atoms with Crippen LogP contribution in [0.25, 0.3) is 0 Å². The molecule has 1 unspecified atom stereocenters. The Labute approximate surface area is 93.2 Å². The van der Waals surface area contributed by atoms with Crippen molar-refractivity contribution in [3.8, 4) is 0 Å². The maximum absolute atomic E-state index is 9.19. The summed E-state index contributed by atoms with van der Waals surface area (Å²) in [4.78, 5) is 0. The Morgan fingerprint density at radius 2 is 1.62 bits per heavy atom. The predicted molar refractivity (Wildman–Crippen MR) is 51.1 cm³/mol. The van der Waals surface area contributed by atoms with Crippen molar-refractivity contribution < 1.29 is 34.6 Å². The highest BCUT2D eigenvalue weighted by atomic mass is 16.8. The Morgan fingerprint density at radius 1 is 1.12 bits per heavy atom. The highest BCUT2D eigenvalue weighted by Gasteiger charge is 2.37. The van der Waals surface area contributed by atoms with Gasteiger partial charge in [-0.1, -0.05) is 0 Å². The van der Waals surface area contributed by atoms with Crippen molar-refractivity contribution in [1.82, 2.24) is 0 Å².